The number of nitrogens with one attached hydrogen (secondary N) is 2. The Kier molecular flexibility index (Phi) is 7.95. The molecule has 2 aromatic rings. The first-order valence-electron chi connectivity index (χ1n) is 8.98. The van der Waals surface area contributed by atoms with Gasteiger partial charge in [0.25, 0.3) is 5.91 Å². The van der Waals surface area contributed by atoms with Crippen LogP contribution in [0.1, 0.15) is 11.1 Å². The maximum Gasteiger partial charge on any atom is 0.275 e. The third-order valence-corrected chi connectivity index (χ3v) is 4.42. The van der Waals surface area contributed by atoms with E-state index in [2.05, 4.69) is 5.32 Å². The highest BCUT2D eigenvalue weighted by Crippen LogP contribution is 2.27. The first kappa shape index (κ1) is 20.6. The van der Waals surface area contributed by atoms with Crippen molar-refractivity contribution in [2.24, 2.45) is 0 Å². The predicted octanol–water partition coefficient (Wildman–Crippen LogP) is 1.09. The van der Waals surface area contributed by atoms with Crippen molar-refractivity contribution < 1.29 is 23.9 Å². The molecular weight excluding hydrogens is 344 g/mol. The molecule has 2 N–H and O–H groups in total. The summed E-state index contributed by atoms with van der Waals surface area (Å²) in [5, 5.41) is 2.96. The van der Waals surface area contributed by atoms with Crippen molar-refractivity contribution in [3.05, 3.63) is 53.6 Å². The number of ether oxygens (including phenoxy) is 3. The zero-order valence-corrected chi connectivity index (χ0v) is 16.5. The normalized spacial score (nSPS) is 11.6. The van der Waals surface area contributed by atoms with Gasteiger partial charge in [-0.15, -0.1) is 0 Å². The Morgan fingerprint density at radius 1 is 0.963 bits per heavy atom. The van der Waals surface area contributed by atoms with Crippen LogP contribution < -0.4 is 24.4 Å². The van der Waals surface area contributed by atoms with Gasteiger partial charge in [0.1, 0.15) is 5.75 Å². The van der Waals surface area contributed by atoms with Gasteiger partial charge in [-0.1, -0.05) is 24.3 Å². The monoisotopic (exact) mass is 373 g/mol. The SMILES string of the molecule is COc1ccccc1CNC(=O)C[NH+](C)CCc1ccc(OC)c(OC)c1. The van der Waals surface area contributed by atoms with Gasteiger partial charge in [-0.25, -0.2) is 0 Å². The van der Waals surface area contributed by atoms with Crippen molar-refractivity contribution >= 4 is 5.91 Å². The summed E-state index contributed by atoms with van der Waals surface area (Å²) in [6.07, 6.45) is 0.853. The van der Waals surface area contributed by atoms with E-state index in [0.29, 0.717) is 13.1 Å². The highest BCUT2D eigenvalue weighted by atomic mass is 16.5. The maximum absolute atomic E-state index is 12.2. The second-order valence-corrected chi connectivity index (χ2v) is 6.41. The van der Waals surface area contributed by atoms with Gasteiger partial charge < -0.3 is 24.4 Å². The van der Waals surface area contributed by atoms with Crippen LogP contribution in [0.4, 0.5) is 0 Å². The summed E-state index contributed by atoms with van der Waals surface area (Å²) < 4.78 is 15.9. The number of hydrogen-bond donors (Lipinski definition) is 2. The van der Waals surface area contributed by atoms with E-state index >= 15 is 0 Å². The Hall–Kier alpha value is -2.73. The number of para-hydroxylation sites is 1. The van der Waals surface area contributed by atoms with E-state index in [1.807, 2.05) is 49.5 Å². The van der Waals surface area contributed by atoms with Gasteiger partial charge in [0, 0.05) is 18.5 Å². The number of amides is 1. The summed E-state index contributed by atoms with van der Waals surface area (Å²) >= 11 is 0. The third-order valence-electron chi connectivity index (χ3n) is 4.42. The van der Waals surface area contributed by atoms with Crippen LogP contribution in [0.3, 0.4) is 0 Å². The lowest BCUT2D eigenvalue weighted by atomic mass is 10.1. The molecule has 0 bridgehead atoms. The molecular formula is C21H29N2O4+. The molecule has 0 aliphatic rings. The highest BCUT2D eigenvalue weighted by Gasteiger charge is 2.12. The molecule has 27 heavy (non-hydrogen) atoms. The second kappa shape index (κ2) is 10.4. The molecule has 0 fully saturated rings. The van der Waals surface area contributed by atoms with Gasteiger partial charge in [-0.3, -0.25) is 4.79 Å². The first-order valence-corrected chi connectivity index (χ1v) is 8.98. The number of rotatable bonds is 10. The average Bonchev–Trinajstić information content (AvgIpc) is 2.70. The molecule has 1 atom stereocenters. The Bertz CT molecular complexity index is 749. The Balaban J connectivity index is 1.79. The number of methoxy groups -OCH3 is 3. The lowest BCUT2D eigenvalue weighted by molar-refractivity contribution is -0.871. The lowest BCUT2D eigenvalue weighted by Crippen LogP contribution is -3.10. The minimum Gasteiger partial charge on any atom is -0.496 e. The molecule has 0 saturated heterocycles. The van der Waals surface area contributed by atoms with Crippen LogP contribution in [0.15, 0.2) is 42.5 Å². The van der Waals surface area contributed by atoms with Crippen LogP contribution >= 0.6 is 0 Å². The minimum atomic E-state index is 0.0192. The molecule has 0 aliphatic carbocycles. The van der Waals surface area contributed by atoms with Crippen molar-refractivity contribution in [2.75, 3.05) is 41.5 Å². The quantitative estimate of drug-likeness (QED) is 0.654. The van der Waals surface area contributed by atoms with Crippen molar-refractivity contribution in [3.8, 4) is 17.2 Å². The molecule has 0 radical (unpaired) electrons. The summed E-state index contributed by atoms with van der Waals surface area (Å²) in [7, 11) is 6.90. The second-order valence-electron chi connectivity index (χ2n) is 6.41. The number of benzene rings is 2. The van der Waals surface area contributed by atoms with Crippen LogP contribution in [-0.2, 0) is 17.8 Å². The van der Waals surface area contributed by atoms with Crippen LogP contribution in [0.5, 0.6) is 17.2 Å². The summed E-state index contributed by atoms with van der Waals surface area (Å²) in [5.41, 5.74) is 2.12. The molecule has 0 aliphatic heterocycles. The number of quaternary nitrogens is 1. The molecule has 1 unspecified atom stereocenters. The van der Waals surface area contributed by atoms with E-state index < -0.39 is 0 Å². The molecule has 1 amide bonds. The van der Waals surface area contributed by atoms with Gasteiger partial charge >= 0.3 is 0 Å². The van der Waals surface area contributed by atoms with Gasteiger partial charge in [0.15, 0.2) is 18.0 Å². The van der Waals surface area contributed by atoms with Crippen molar-refractivity contribution in [1.82, 2.24) is 5.32 Å². The molecule has 0 saturated carbocycles. The molecule has 0 heterocycles. The van der Waals surface area contributed by atoms with Gasteiger partial charge in [-0.2, -0.15) is 0 Å². The number of hydrogen-bond acceptors (Lipinski definition) is 4. The standard InChI is InChI=1S/C21H28N2O4/c1-23(12-11-16-9-10-19(26-3)20(13-16)27-4)15-21(24)22-14-17-7-5-6-8-18(17)25-2/h5-10,13H,11-12,14-15H2,1-4H3,(H,22,24)/p+1. The minimum absolute atomic E-state index is 0.0192. The number of likely N-dealkylation sites (N-methyl/N-ethyl adjacent to an activating group) is 1. The maximum atomic E-state index is 12.2. The zero-order chi connectivity index (χ0) is 19.6. The molecule has 2 aromatic carbocycles. The van der Waals surface area contributed by atoms with Crippen LogP contribution in [0, 0.1) is 0 Å². The predicted molar refractivity (Wildman–Crippen MR) is 105 cm³/mol. The van der Waals surface area contributed by atoms with Gasteiger partial charge in [0.05, 0.1) is 34.9 Å². The molecule has 0 aromatic heterocycles. The summed E-state index contributed by atoms with van der Waals surface area (Å²) in [4.78, 5) is 13.4. The lowest BCUT2D eigenvalue weighted by Gasteiger charge is -2.15. The van der Waals surface area contributed by atoms with E-state index in [4.69, 9.17) is 14.2 Å². The Labute approximate surface area is 161 Å². The molecule has 0 spiro atoms. The highest BCUT2D eigenvalue weighted by molar-refractivity contribution is 5.76. The van der Waals surface area contributed by atoms with Crippen molar-refractivity contribution in [3.63, 3.8) is 0 Å². The number of carbonyl (C=O) groups is 1. The summed E-state index contributed by atoms with van der Waals surface area (Å²) in [5.74, 6) is 2.25. The number of carbonyl (C=O) groups excluding carboxylic acids is 1. The molecule has 6 heteroatoms. The third kappa shape index (κ3) is 6.18. The molecule has 146 valence electrons. The van der Waals surface area contributed by atoms with E-state index in [-0.39, 0.29) is 5.91 Å². The van der Waals surface area contributed by atoms with Crippen LogP contribution in [0.25, 0.3) is 0 Å². The molecule has 2 rings (SSSR count). The van der Waals surface area contributed by atoms with E-state index in [0.717, 1.165) is 46.2 Å². The summed E-state index contributed by atoms with van der Waals surface area (Å²) in [6.45, 7) is 1.73. The Morgan fingerprint density at radius 3 is 2.37 bits per heavy atom. The van der Waals surface area contributed by atoms with Gasteiger partial charge in [-0.05, 0) is 23.8 Å². The van der Waals surface area contributed by atoms with E-state index in [1.54, 1.807) is 21.3 Å². The summed E-state index contributed by atoms with van der Waals surface area (Å²) in [6, 6.07) is 13.6. The van der Waals surface area contributed by atoms with E-state index in [1.165, 1.54) is 0 Å². The fourth-order valence-corrected chi connectivity index (χ4v) is 2.86. The van der Waals surface area contributed by atoms with Crippen molar-refractivity contribution in [2.45, 2.75) is 13.0 Å². The van der Waals surface area contributed by atoms with Gasteiger partial charge in [0.2, 0.25) is 0 Å². The smallest absolute Gasteiger partial charge is 0.275 e. The van der Waals surface area contributed by atoms with Crippen LogP contribution in [0.2, 0.25) is 0 Å². The Morgan fingerprint density at radius 2 is 1.67 bits per heavy atom. The largest absolute Gasteiger partial charge is 0.496 e. The zero-order valence-electron chi connectivity index (χ0n) is 16.5. The van der Waals surface area contributed by atoms with Crippen molar-refractivity contribution in [1.29, 1.82) is 0 Å². The first-order chi connectivity index (χ1) is 13.1. The fraction of sp³-hybridized carbons (Fsp3) is 0.381. The van der Waals surface area contributed by atoms with Crippen LogP contribution in [-0.4, -0.2) is 47.4 Å². The van der Waals surface area contributed by atoms with E-state index in [9.17, 15) is 4.79 Å². The fourth-order valence-electron chi connectivity index (χ4n) is 2.86. The topological polar surface area (TPSA) is 61.2 Å². The molecule has 6 nitrogen and oxygen atoms in total. The average molecular weight is 373 g/mol.